The molecule has 3 heteroatoms. The number of rotatable bonds is 5. The van der Waals surface area contributed by atoms with Gasteiger partial charge in [0.25, 0.3) is 0 Å². The SMILES string of the molecule is CC(=O)[C@H]1CC[C@H]2[C@@H]3CC[C@H]4C[C@H](OC(=O)CCC5CCCC5)CC[C@]4(C)[C@H]3CC[C@]12C. The predicted octanol–water partition coefficient (Wildman–Crippen LogP) is 7.12. The summed E-state index contributed by atoms with van der Waals surface area (Å²) in [6.07, 6.45) is 18.1. The maximum atomic E-state index is 12.5. The highest BCUT2D eigenvalue weighted by Crippen LogP contribution is 2.67. The van der Waals surface area contributed by atoms with E-state index in [4.69, 9.17) is 4.74 Å². The molecule has 0 saturated heterocycles. The number of fused-ring (bicyclic) bond motifs is 5. The van der Waals surface area contributed by atoms with Crippen molar-refractivity contribution in [1.29, 1.82) is 0 Å². The van der Waals surface area contributed by atoms with Crippen molar-refractivity contribution in [3.8, 4) is 0 Å². The van der Waals surface area contributed by atoms with Gasteiger partial charge >= 0.3 is 5.97 Å². The molecule has 0 aromatic heterocycles. The molecule has 5 aliphatic rings. The number of ether oxygens (including phenoxy) is 1. The molecule has 0 aromatic carbocycles. The molecule has 0 spiro atoms. The van der Waals surface area contributed by atoms with Crippen molar-refractivity contribution >= 4 is 11.8 Å². The molecule has 0 N–H and O–H groups in total. The normalized spacial score (nSPS) is 46.2. The minimum atomic E-state index is 0.0638. The monoisotopic (exact) mass is 442 g/mol. The summed E-state index contributed by atoms with van der Waals surface area (Å²) in [5.74, 6) is 4.64. The van der Waals surface area contributed by atoms with Gasteiger partial charge < -0.3 is 4.74 Å². The first-order valence-corrected chi connectivity index (χ1v) is 14.0. The van der Waals surface area contributed by atoms with Gasteiger partial charge in [0.15, 0.2) is 0 Å². The topological polar surface area (TPSA) is 43.4 Å². The van der Waals surface area contributed by atoms with Gasteiger partial charge in [0.1, 0.15) is 11.9 Å². The maximum absolute atomic E-state index is 12.5. The Labute approximate surface area is 195 Å². The fourth-order valence-corrected chi connectivity index (χ4v) is 9.86. The van der Waals surface area contributed by atoms with E-state index in [1.165, 1.54) is 64.2 Å². The summed E-state index contributed by atoms with van der Waals surface area (Å²) in [4.78, 5) is 24.9. The lowest BCUT2D eigenvalue weighted by atomic mass is 9.44. The molecule has 0 bridgehead atoms. The molecule has 5 fully saturated rings. The van der Waals surface area contributed by atoms with E-state index in [2.05, 4.69) is 13.8 Å². The van der Waals surface area contributed by atoms with Crippen molar-refractivity contribution in [3.63, 3.8) is 0 Å². The summed E-state index contributed by atoms with van der Waals surface area (Å²) in [6.45, 7) is 6.86. The summed E-state index contributed by atoms with van der Waals surface area (Å²) < 4.78 is 6.03. The number of carbonyl (C=O) groups is 2. The number of carbonyl (C=O) groups excluding carboxylic acids is 2. The van der Waals surface area contributed by atoms with Gasteiger partial charge in [-0.1, -0.05) is 39.5 Å². The largest absolute Gasteiger partial charge is 0.462 e. The van der Waals surface area contributed by atoms with E-state index in [0.29, 0.717) is 29.5 Å². The highest BCUT2D eigenvalue weighted by molar-refractivity contribution is 5.79. The second-order valence-corrected chi connectivity index (χ2v) is 13.0. The second-order valence-electron chi connectivity index (χ2n) is 13.0. The zero-order chi connectivity index (χ0) is 22.5. The van der Waals surface area contributed by atoms with Crippen LogP contribution in [-0.2, 0) is 14.3 Å². The van der Waals surface area contributed by atoms with Gasteiger partial charge in [0, 0.05) is 12.3 Å². The molecule has 0 aromatic rings. The number of esters is 1. The third-order valence-corrected chi connectivity index (χ3v) is 11.6. The Kier molecular flexibility index (Phi) is 6.25. The Hall–Kier alpha value is -0.860. The van der Waals surface area contributed by atoms with E-state index in [-0.39, 0.29) is 17.5 Å². The molecule has 3 nitrogen and oxygen atoms in total. The molecule has 0 heterocycles. The zero-order valence-electron chi connectivity index (χ0n) is 20.9. The van der Waals surface area contributed by atoms with E-state index in [9.17, 15) is 9.59 Å². The fraction of sp³-hybridized carbons (Fsp3) is 0.931. The van der Waals surface area contributed by atoms with Gasteiger partial charge in [-0.05, 0) is 112 Å². The average molecular weight is 443 g/mol. The van der Waals surface area contributed by atoms with Crippen LogP contribution in [0, 0.1) is 46.3 Å². The molecule has 32 heavy (non-hydrogen) atoms. The highest BCUT2D eigenvalue weighted by atomic mass is 16.5. The van der Waals surface area contributed by atoms with Crippen LogP contribution in [0.4, 0.5) is 0 Å². The van der Waals surface area contributed by atoms with Gasteiger partial charge in [-0.3, -0.25) is 9.59 Å². The van der Waals surface area contributed by atoms with Crippen molar-refractivity contribution in [3.05, 3.63) is 0 Å². The molecule has 5 saturated carbocycles. The molecular formula is C29H46O3. The predicted molar refractivity (Wildman–Crippen MR) is 127 cm³/mol. The number of Topliss-reactive ketones (excluding diaryl/α,β-unsaturated/α-hetero) is 1. The number of hydrogen-bond donors (Lipinski definition) is 0. The van der Waals surface area contributed by atoms with Crippen LogP contribution in [-0.4, -0.2) is 17.9 Å². The van der Waals surface area contributed by atoms with Crippen LogP contribution in [0.2, 0.25) is 0 Å². The lowest BCUT2D eigenvalue weighted by Gasteiger charge is -2.61. The molecule has 0 unspecified atom stereocenters. The first-order chi connectivity index (χ1) is 15.3. The Morgan fingerprint density at radius 2 is 1.56 bits per heavy atom. The van der Waals surface area contributed by atoms with Gasteiger partial charge in [0.05, 0.1) is 0 Å². The van der Waals surface area contributed by atoms with Crippen molar-refractivity contribution in [1.82, 2.24) is 0 Å². The molecule has 0 aliphatic heterocycles. The summed E-state index contributed by atoms with van der Waals surface area (Å²) in [5, 5.41) is 0. The van der Waals surface area contributed by atoms with Crippen LogP contribution in [0.25, 0.3) is 0 Å². The summed E-state index contributed by atoms with van der Waals surface area (Å²) in [7, 11) is 0. The molecule has 0 radical (unpaired) electrons. The van der Waals surface area contributed by atoms with Crippen LogP contribution in [0.15, 0.2) is 0 Å². The van der Waals surface area contributed by atoms with E-state index < -0.39 is 0 Å². The van der Waals surface area contributed by atoms with Crippen molar-refractivity contribution in [2.75, 3.05) is 0 Å². The molecule has 8 atom stereocenters. The quantitative estimate of drug-likeness (QED) is 0.426. The Bertz CT molecular complexity index is 724. The highest BCUT2D eigenvalue weighted by Gasteiger charge is 2.60. The van der Waals surface area contributed by atoms with Gasteiger partial charge in [-0.15, -0.1) is 0 Å². The first kappa shape index (κ1) is 22.9. The van der Waals surface area contributed by atoms with Gasteiger partial charge in [-0.25, -0.2) is 0 Å². The van der Waals surface area contributed by atoms with Crippen LogP contribution in [0.5, 0.6) is 0 Å². The van der Waals surface area contributed by atoms with Gasteiger partial charge in [-0.2, -0.15) is 0 Å². The zero-order valence-corrected chi connectivity index (χ0v) is 20.9. The maximum Gasteiger partial charge on any atom is 0.306 e. The van der Waals surface area contributed by atoms with Crippen LogP contribution < -0.4 is 0 Å². The van der Waals surface area contributed by atoms with Gasteiger partial charge in [0.2, 0.25) is 0 Å². The van der Waals surface area contributed by atoms with E-state index >= 15 is 0 Å². The van der Waals surface area contributed by atoms with Crippen molar-refractivity contribution < 1.29 is 14.3 Å². The Morgan fingerprint density at radius 1 is 0.844 bits per heavy atom. The molecule has 5 aliphatic carbocycles. The van der Waals surface area contributed by atoms with Crippen molar-refractivity contribution in [2.45, 2.75) is 123 Å². The average Bonchev–Trinajstić information content (AvgIpc) is 3.39. The summed E-state index contributed by atoms with van der Waals surface area (Å²) >= 11 is 0. The van der Waals surface area contributed by atoms with E-state index in [1.54, 1.807) is 0 Å². The molecular weight excluding hydrogens is 396 g/mol. The van der Waals surface area contributed by atoms with Crippen LogP contribution >= 0.6 is 0 Å². The lowest BCUT2D eigenvalue weighted by Crippen LogP contribution is -2.54. The Balaban J connectivity index is 1.19. The summed E-state index contributed by atoms with van der Waals surface area (Å²) in [6, 6.07) is 0. The second kappa shape index (κ2) is 8.73. The lowest BCUT2D eigenvalue weighted by molar-refractivity contribution is -0.163. The third kappa shape index (κ3) is 3.88. The number of ketones is 1. The minimum absolute atomic E-state index is 0.0638. The Morgan fingerprint density at radius 3 is 2.31 bits per heavy atom. The third-order valence-electron chi connectivity index (χ3n) is 11.6. The molecule has 5 rings (SSSR count). The standard InChI is InChI=1S/C29H46O3/c1-19(30)24-11-12-25-23-10-9-21-18-22(32-27(31)13-8-20-6-4-5-7-20)14-16-28(21,2)26(23)15-17-29(24,25)3/h20-26H,4-18H2,1-3H3/t21-,22+,23-,24+,25-,26-,28-,29+/m0/s1. The van der Waals surface area contributed by atoms with E-state index in [0.717, 1.165) is 49.4 Å². The van der Waals surface area contributed by atoms with Crippen LogP contribution in [0.1, 0.15) is 117 Å². The molecule has 180 valence electrons. The first-order valence-electron chi connectivity index (χ1n) is 14.0. The van der Waals surface area contributed by atoms with E-state index in [1.807, 2.05) is 6.92 Å². The fourth-order valence-electron chi connectivity index (χ4n) is 9.86. The smallest absolute Gasteiger partial charge is 0.306 e. The minimum Gasteiger partial charge on any atom is -0.462 e. The summed E-state index contributed by atoms with van der Waals surface area (Å²) in [5.41, 5.74) is 0.660. The molecule has 0 amide bonds. The van der Waals surface area contributed by atoms with Crippen molar-refractivity contribution in [2.24, 2.45) is 46.3 Å². The number of hydrogen-bond acceptors (Lipinski definition) is 3. The van der Waals surface area contributed by atoms with Crippen LogP contribution in [0.3, 0.4) is 0 Å².